The van der Waals surface area contributed by atoms with E-state index in [2.05, 4.69) is 61.6 Å². The molecule has 0 aliphatic carbocycles. The van der Waals surface area contributed by atoms with Crippen molar-refractivity contribution in [2.24, 2.45) is 23.5 Å². The fraction of sp³-hybridized carbons (Fsp3) is 0.592. The predicted molar refractivity (Wildman–Crippen MR) is 560 cm³/mol. The summed E-state index contributed by atoms with van der Waals surface area (Å²) in [6.45, 7) is 26.9. The van der Waals surface area contributed by atoms with E-state index in [0.717, 1.165) is 217 Å². The van der Waals surface area contributed by atoms with Gasteiger partial charge in [0.05, 0.1) is 84.0 Å². The second-order valence-electron chi connectivity index (χ2n) is 35.2. The lowest BCUT2D eigenvalue weighted by molar-refractivity contribution is -0.385. The van der Waals surface area contributed by atoms with E-state index in [-0.39, 0.29) is 40.6 Å². The summed E-state index contributed by atoms with van der Waals surface area (Å²) in [5.74, 6) is 9.45. The summed E-state index contributed by atoms with van der Waals surface area (Å²) in [4.78, 5) is 56.9. The van der Waals surface area contributed by atoms with Crippen molar-refractivity contribution >= 4 is 81.6 Å². The Balaban J connectivity index is 0.000000223. The van der Waals surface area contributed by atoms with E-state index in [1.807, 2.05) is 60.8 Å². The van der Waals surface area contributed by atoms with Crippen LogP contribution in [-0.2, 0) is 33.5 Å². The first-order valence-corrected chi connectivity index (χ1v) is 51.3. The molecule has 8 saturated heterocycles. The van der Waals surface area contributed by atoms with E-state index in [4.69, 9.17) is 131 Å². The van der Waals surface area contributed by atoms with Crippen LogP contribution in [0.5, 0.6) is 57.5 Å². The minimum absolute atomic E-state index is 0. The number of nitrogens with two attached hydrogens (primary N) is 3. The Labute approximate surface area is 860 Å². The maximum absolute atomic E-state index is 10.8. The van der Waals surface area contributed by atoms with Crippen molar-refractivity contribution in [3.8, 4) is 57.5 Å². The number of anilines is 2. The number of nitro benzene ring substituents is 2. The van der Waals surface area contributed by atoms with Crippen LogP contribution >= 0.6 is 58.8 Å². The number of rotatable bonds is 39. The molecule has 11 heterocycles. The molecule has 141 heavy (non-hydrogen) atoms. The zero-order valence-electron chi connectivity index (χ0n) is 83.3. The van der Waals surface area contributed by atoms with Crippen molar-refractivity contribution in [1.29, 1.82) is 0 Å². The quantitative estimate of drug-likeness (QED) is 0.00529. The average Bonchev–Trinajstić information content (AvgIpc) is 1.27. The molecule has 8 aliphatic heterocycles. The minimum atomic E-state index is -0.584. The van der Waals surface area contributed by atoms with Gasteiger partial charge < -0.3 is 104 Å². The van der Waals surface area contributed by atoms with Gasteiger partial charge in [-0.25, -0.2) is 29.9 Å². The SMILES string of the molecule is COc1ccc(Cc2nccc(CCC3CCOCC3)n2)cc1OCCCN1CCCC1.COc1ccc(N)cc1OCCCN1CCCC1.COc1ccc(N)cc1OCCCN1CCCC1.COc1ccc([N+](=O)[O-])cc1O.COc1ccc([N+](=O)[O-])cc1OCCCN1CCCC1.Cl.ClCCCN1CCCC1.Clc1ccnc(Cl)n1.Clc1nccc(CCC2CCOCC2)n1.NCC1CCOCC1. The average molecular weight is 2060 g/mol. The Morgan fingerprint density at radius 2 is 0.738 bits per heavy atom. The van der Waals surface area contributed by atoms with Crippen molar-refractivity contribution in [2.75, 3.05) is 224 Å². The van der Waals surface area contributed by atoms with Gasteiger partial charge in [-0.15, -0.1) is 24.0 Å². The number of hydrogen-bond donors (Lipinski definition) is 4. The number of aryl methyl sites for hydroxylation is 2. The van der Waals surface area contributed by atoms with Gasteiger partial charge in [-0.3, -0.25) is 20.2 Å². The number of benzene rings is 5. The molecule has 5 aromatic carbocycles. The Bertz CT molecular complexity index is 4630. The number of hydrogen-bond acceptors (Lipinski definition) is 31. The number of phenols is 1. The number of non-ortho nitro benzene ring substituents is 2. The van der Waals surface area contributed by atoms with Gasteiger partial charge in [-0.05, 0) is 352 Å². The number of aromatic nitrogens is 6. The van der Waals surface area contributed by atoms with E-state index in [9.17, 15) is 20.2 Å². The first-order chi connectivity index (χ1) is 68.2. The van der Waals surface area contributed by atoms with E-state index in [0.29, 0.717) is 66.2 Å². The van der Waals surface area contributed by atoms with Gasteiger partial charge in [-0.2, -0.15) is 0 Å². The molecule has 38 heteroatoms. The monoisotopic (exact) mass is 2060 g/mol. The van der Waals surface area contributed by atoms with Crippen LogP contribution in [-0.4, -0.2) is 282 Å². The number of likely N-dealkylation sites (tertiary alicyclic amines) is 5. The van der Waals surface area contributed by atoms with E-state index in [1.54, 1.807) is 39.7 Å². The highest BCUT2D eigenvalue weighted by Gasteiger charge is 2.22. The molecule has 8 fully saturated rings. The van der Waals surface area contributed by atoms with E-state index in [1.165, 1.54) is 219 Å². The summed E-state index contributed by atoms with van der Waals surface area (Å²) in [6.07, 6.45) is 35.7. The van der Waals surface area contributed by atoms with Crippen LogP contribution in [0.3, 0.4) is 0 Å². The van der Waals surface area contributed by atoms with Crippen molar-refractivity contribution in [2.45, 2.75) is 167 Å². The van der Waals surface area contributed by atoms with Gasteiger partial charge in [0, 0.05) is 144 Å². The second-order valence-corrected chi connectivity index (χ2v) is 36.6. The molecule has 3 aromatic heterocycles. The maximum Gasteiger partial charge on any atom is 0.273 e. The molecule has 7 N–H and O–H groups in total. The number of ether oxygens (including phenoxy) is 12. The molecule has 0 saturated carbocycles. The van der Waals surface area contributed by atoms with Crippen LogP contribution in [0, 0.1) is 38.0 Å². The van der Waals surface area contributed by atoms with Gasteiger partial charge in [0.1, 0.15) is 11.0 Å². The number of nitrogens with zero attached hydrogens (tertiary/aromatic N) is 13. The summed E-state index contributed by atoms with van der Waals surface area (Å²) < 4.78 is 65.0. The zero-order chi connectivity index (χ0) is 100.0. The number of aromatic hydroxyl groups is 1. The van der Waals surface area contributed by atoms with Gasteiger partial charge in [0.25, 0.3) is 11.4 Å². The molecule has 782 valence electrons. The highest BCUT2D eigenvalue weighted by atomic mass is 35.5. The Morgan fingerprint density at radius 3 is 1.09 bits per heavy atom. The lowest BCUT2D eigenvalue weighted by Gasteiger charge is -2.21. The molecule has 0 unspecified atom stereocenters. The van der Waals surface area contributed by atoms with Crippen molar-refractivity contribution in [3.63, 3.8) is 0 Å². The third-order valence-corrected chi connectivity index (χ3v) is 25.7. The summed E-state index contributed by atoms with van der Waals surface area (Å²) in [5, 5.41) is 31.0. The summed E-state index contributed by atoms with van der Waals surface area (Å²) >= 11 is 22.0. The van der Waals surface area contributed by atoms with Crippen molar-refractivity contribution in [3.05, 3.63) is 187 Å². The molecule has 16 rings (SSSR count). The Hall–Kier alpha value is -9.17. The van der Waals surface area contributed by atoms with Crippen LogP contribution in [0.1, 0.15) is 170 Å². The largest absolute Gasteiger partial charge is 0.504 e. The number of nitro groups is 2. The fourth-order valence-electron chi connectivity index (χ4n) is 16.9. The standard InChI is InChI=1S/C26H37N3O3.C14H20N2O4.2C14H22N2O2.C11H15ClN2O.C7H14ClN.C7H7NO4.C6H13NO.C4H2Cl2N2.ClH/c1-30-24-8-6-22(19-25(24)32-16-4-15-29-13-2-3-14-29)20-26-27-12-9-23(28-26)7-5-21-10-17-31-18-11-21;1-19-13-6-5-12(16(17)18)11-14(13)20-10-4-9-15-7-2-3-8-15;2*1-17-13-6-5-12(15)11-14(13)18-10-4-9-16-7-2-3-8-16;12-11-13-6-3-10(14-11)2-1-9-4-7-15-8-5-9;8-4-3-7-9-5-1-2-6-9;1-12-7-3-2-5(8(10)11)4-6(7)9;7-5-6-1-3-8-4-2-6;5-3-1-2-7-4(6)8-3;/h6,8-9,12,19,21H,2-5,7,10-11,13-18,20H2,1H3;5-6,11H,2-4,7-10H2,1H3;2*5-6,11H,2-4,7-10,15H2,1H3;3,6,9H,1-2,4-5,7-8H2;1-7H2;2-4,9H,1H3;6H,1-5,7H2;1-2H;1H. The lowest BCUT2D eigenvalue weighted by Crippen LogP contribution is -2.22. The third-order valence-electron chi connectivity index (χ3n) is 24.8. The Kier molecular flexibility index (Phi) is 60.1. The Morgan fingerprint density at radius 1 is 0.404 bits per heavy atom. The molecule has 0 amide bonds. The maximum atomic E-state index is 10.8. The first kappa shape index (κ1) is 119. The smallest absolute Gasteiger partial charge is 0.273 e. The molecule has 0 atom stereocenters. The van der Waals surface area contributed by atoms with Gasteiger partial charge in [0.15, 0.2) is 57.5 Å². The second kappa shape index (κ2) is 71.3. The lowest BCUT2D eigenvalue weighted by atomic mass is 9.94. The molecule has 8 aromatic rings. The number of nitrogen functional groups attached to an aromatic ring is 2. The molecule has 33 nitrogen and oxygen atoms in total. The predicted octanol–water partition coefficient (Wildman–Crippen LogP) is 19.1. The third kappa shape index (κ3) is 48.9. The highest BCUT2D eigenvalue weighted by molar-refractivity contribution is 6.31. The summed E-state index contributed by atoms with van der Waals surface area (Å²) in [6, 6.07) is 30.7. The first-order valence-electron chi connectivity index (χ1n) is 49.7. The van der Waals surface area contributed by atoms with Crippen LogP contribution in [0.15, 0.2) is 128 Å². The molecular weight excluding hydrogens is 1910 g/mol. The normalized spacial score (nSPS) is 16.1. The van der Waals surface area contributed by atoms with Crippen molar-refractivity contribution in [1.82, 2.24) is 54.4 Å². The van der Waals surface area contributed by atoms with E-state index >= 15 is 0 Å². The summed E-state index contributed by atoms with van der Waals surface area (Å²) in [5.41, 5.74) is 21.5. The van der Waals surface area contributed by atoms with E-state index < -0.39 is 9.85 Å². The van der Waals surface area contributed by atoms with Crippen LogP contribution in [0.2, 0.25) is 15.7 Å². The molecule has 0 bridgehead atoms. The number of alkyl halides is 1. The van der Waals surface area contributed by atoms with Gasteiger partial charge in [0.2, 0.25) is 10.6 Å². The zero-order valence-corrected chi connectivity index (χ0v) is 87.1. The van der Waals surface area contributed by atoms with Crippen LogP contribution in [0.25, 0.3) is 0 Å². The highest BCUT2D eigenvalue weighted by Crippen LogP contribution is 2.36. The van der Waals surface area contributed by atoms with Crippen LogP contribution < -0.4 is 59.8 Å². The van der Waals surface area contributed by atoms with Crippen molar-refractivity contribution < 1.29 is 71.8 Å². The molecule has 8 aliphatic rings. The van der Waals surface area contributed by atoms with Gasteiger partial charge in [-0.1, -0.05) is 17.7 Å². The summed E-state index contributed by atoms with van der Waals surface area (Å²) in [7, 11) is 7.88. The number of methoxy groups -OCH3 is 5. The topological polar surface area (TPSA) is 389 Å². The number of halogens is 5. The van der Waals surface area contributed by atoms with Gasteiger partial charge >= 0.3 is 0 Å². The molecular formula is C103H153Cl5N16O17. The molecule has 0 radical (unpaired) electrons. The number of phenolic OH excluding ortho intramolecular Hbond substituents is 1. The van der Waals surface area contributed by atoms with Crippen LogP contribution in [0.4, 0.5) is 22.7 Å². The minimum Gasteiger partial charge on any atom is -0.504 e. The fourth-order valence-corrected chi connectivity index (χ4v) is 17.5. The molecule has 0 spiro atoms.